The van der Waals surface area contributed by atoms with Gasteiger partial charge in [-0.2, -0.15) is 0 Å². The maximum atomic E-state index is 11.7. The number of carbonyl (C=O) groups is 1. The van der Waals surface area contributed by atoms with Crippen LogP contribution in [0.1, 0.15) is 26.2 Å². The molecule has 2 saturated heterocycles. The second kappa shape index (κ2) is 6.71. The molecule has 0 aromatic rings. The van der Waals surface area contributed by atoms with Gasteiger partial charge in [-0.05, 0) is 12.8 Å². The number of amides is 2. The van der Waals surface area contributed by atoms with Gasteiger partial charge in [0.25, 0.3) is 0 Å². The van der Waals surface area contributed by atoms with Crippen molar-refractivity contribution in [2.75, 3.05) is 19.6 Å². The summed E-state index contributed by atoms with van der Waals surface area (Å²) in [6.45, 7) is 3.75. The summed E-state index contributed by atoms with van der Waals surface area (Å²) in [5.74, 6) is 0. The van der Waals surface area contributed by atoms with E-state index in [4.69, 9.17) is 0 Å². The predicted molar refractivity (Wildman–Crippen MR) is 73.2 cm³/mol. The van der Waals surface area contributed by atoms with Crippen LogP contribution in [0.15, 0.2) is 0 Å². The third kappa shape index (κ3) is 3.22. The summed E-state index contributed by atoms with van der Waals surface area (Å²) < 4.78 is 0. The highest BCUT2D eigenvalue weighted by molar-refractivity contribution is 5.74. The molecule has 116 valence electrons. The Morgan fingerprint density at radius 3 is 2.75 bits per heavy atom. The van der Waals surface area contributed by atoms with Crippen LogP contribution in [-0.2, 0) is 0 Å². The lowest BCUT2D eigenvalue weighted by molar-refractivity contribution is -0.0992. The van der Waals surface area contributed by atoms with Crippen molar-refractivity contribution in [3.05, 3.63) is 0 Å². The topological polar surface area (TPSA) is 105 Å². The Labute approximate surface area is 119 Å². The first-order valence-corrected chi connectivity index (χ1v) is 7.37. The van der Waals surface area contributed by atoms with E-state index in [1.54, 1.807) is 0 Å². The smallest absolute Gasteiger partial charge is 0.315 e. The first kappa shape index (κ1) is 15.5. The third-order valence-corrected chi connectivity index (χ3v) is 4.20. The van der Waals surface area contributed by atoms with E-state index in [2.05, 4.69) is 10.6 Å². The second-order valence-corrected chi connectivity index (χ2v) is 5.68. The van der Waals surface area contributed by atoms with Crippen molar-refractivity contribution < 1.29 is 20.1 Å². The van der Waals surface area contributed by atoms with Gasteiger partial charge in [0.05, 0.1) is 24.3 Å². The minimum absolute atomic E-state index is 0.326. The lowest BCUT2D eigenvalue weighted by Gasteiger charge is -2.43. The van der Waals surface area contributed by atoms with Crippen LogP contribution in [0.2, 0.25) is 0 Å². The second-order valence-electron chi connectivity index (χ2n) is 5.68. The molecule has 20 heavy (non-hydrogen) atoms. The molecule has 0 aliphatic carbocycles. The molecule has 0 aromatic carbocycles. The Bertz CT molecular complexity index is 342. The standard InChI is InChI=1S/C13H25N3O4/c1-2-3-5-14-13(20)15-8-7-16-6-4-9(17)10(16)12(19)11(8)18/h8-12,17-19H,2-7H2,1H3,(H2,14,15,20). The highest BCUT2D eigenvalue weighted by Crippen LogP contribution is 2.28. The van der Waals surface area contributed by atoms with Gasteiger partial charge in [-0.25, -0.2) is 4.79 Å². The molecule has 2 fully saturated rings. The molecule has 5 unspecified atom stereocenters. The molecule has 7 heteroatoms. The summed E-state index contributed by atoms with van der Waals surface area (Å²) in [5.41, 5.74) is 0. The lowest BCUT2D eigenvalue weighted by atomic mass is 9.91. The fourth-order valence-corrected chi connectivity index (χ4v) is 3.05. The van der Waals surface area contributed by atoms with E-state index in [1.165, 1.54) is 0 Å². The Balaban J connectivity index is 1.88. The summed E-state index contributed by atoms with van der Waals surface area (Å²) in [4.78, 5) is 13.6. The van der Waals surface area contributed by atoms with E-state index in [1.807, 2.05) is 11.8 Å². The molecule has 7 nitrogen and oxygen atoms in total. The van der Waals surface area contributed by atoms with Gasteiger partial charge in [-0.15, -0.1) is 0 Å². The highest BCUT2D eigenvalue weighted by Gasteiger charge is 2.48. The summed E-state index contributed by atoms with van der Waals surface area (Å²) in [6.07, 6.45) is -0.214. The van der Waals surface area contributed by atoms with Crippen LogP contribution in [0.5, 0.6) is 0 Å². The molecule has 2 aliphatic rings. The van der Waals surface area contributed by atoms with Gasteiger partial charge >= 0.3 is 6.03 Å². The van der Waals surface area contributed by atoms with Gasteiger partial charge in [-0.1, -0.05) is 13.3 Å². The van der Waals surface area contributed by atoms with Crippen molar-refractivity contribution in [2.45, 2.75) is 56.6 Å². The van der Waals surface area contributed by atoms with Crippen LogP contribution in [0, 0.1) is 0 Å². The Morgan fingerprint density at radius 2 is 2.05 bits per heavy atom. The van der Waals surface area contributed by atoms with Gasteiger partial charge in [0, 0.05) is 19.6 Å². The number of urea groups is 1. The minimum Gasteiger partial charge on any atom is -0.391 e. The van der Waals surface area contributed by atoms with Crippen molar-refractivity contribution in [1.82, 2.24) is 15.5 Å². The zero-order chi connectivity index (χ0) is 14.7. The van der Waals surface area contributed by atoms with E-state index >= 15 is 0 Å². The zero-order valence-electron chi connectivity index (χ0n) is 11.8. The number of hydrogen-bond acceptors (Lipinski definition) is 5. The van der Waals surface area contributed by atoms with Crippen molar-refractivity contribution in [3.63, 3.8) is 0 Å². The number of piperidine rings is 1. The maximum absolute atomic E-state index is 11.7. The number of nitrogens with one attached hydrogen (secondary N) is 2. The Morgan fingerprint density at radius 1 is 1.30 bits per heavy atom. The molecule has 0 saturated carbocycles. The minimum atomic E-state index is -1.05. The summed E-state index contributed by atoms with van der Waals surface area (Å²) in [6, 6.07) is -1.27. The fraction of sp³-hybridized carbons (Fsp3) is 0.923. The van der Waals surface area contributed by atoms with Crippen molar-refractivity contribution >= 4 is 6.03 Å². The van der Waals surface area contributed by atoms with Crippen LogP contribution in [0.25, 0.3) is 0 Å². The number of nitrogens with zero attached hydrogens (tertiary/aromatic N) is 1. The van der Waals surface area contributed by atoms with E-state index < -0.39 is 30.4 Å². The van der Waals surface area contributed by atoms with Crippen LogP contribution in [-0.4, -0.2) is 76.3 Å². The highest BCUT2D eigenvalue weighted by atomic mass is 16.3. The summed E-state index contributed by atoms with van der Waals surface area (Å²) >= 11 is 0. The van der Waals surface area contributed by atoms with E-state index in [0.29, 0.717) is 26.1 Å². The number of aliphatic hydroxyl groups excluding tert-OH is 3. The first-order valence-electron chi connectivity index (χ1n) is 7.37. The quantitative estimate of drug-likeness (QED) is 0.410. The third-order valence-electron chi connectivity index (χ3n) is 4.20. The van der Waals surface area contributed by atoms with Gasteiger partial charge in [0.1, 0.15) is 6.10 Å². The zero-order valence-corrected chi connectivity index (χ0v) is 11.8. The average molecular weight is 287 g/mol. The van der Waals surface area contributed by atoms with Gasteiger partial charge < -0.3 is 26.0 Å². The molecule has 0 bridgehead atoms. The molecule has 2 rings (SSSR count). The molecule has 0 aromatic heterocycles. The average Bonchev–Trinajstić information content (AvgIpc) is 2.77. The summed E-state index contributed by atoms with van der Waals surface area (Å²) in [7, 11) is 0. The van der Waals surface area contributed by atoms with Crippen LogP contribution in [0.4, 0.5) is 4.79 Å². The van der Waals surface area contributed by atoms with Gasteiger partial charge in [0.2, 0.25) is 0 Å². The number of rotatable bonds is 4. The van der Waals surface area contributed by atoms with E-state index in [-0.39, 0.29) is 6.03 Å². The van der Waals surface area contributed by atoms with E-state index in [9.17, 15) is 20.1 Å². The first-order chi connectivity index (χ1) is 9.54. The largest absolute Gasteiger partial charge is 0.391 e. The monoisotopic (exact) mass is 287 g/mol. The SMILES string of the molecule is CCCCNC(=O)NC1CN2CCC(O)C2C(O)C1O. The maximum Gasteiger partial charge on any atom is 0.315 e. The molecule has 2 aliphatic heterocycles. The lowest BCUT2D eigenvalue weighted by Crippen LogP contribution is -2.66. The Kier molecular flexibility index (Phi) is 5.20. The van der Waals surface area contributed by atoms with Gasteiger partial charge in [-0.3, -0.25) is 4.90 Å². The molecule has 2 amide bonds. The van der Waals surface area contributed by atoms with E-state index in [0.717, 1.165) is 12.8 Å². The van der Waals surface area contributed by atoms with Crippen LogP contribution >= 0.6 is 0 Å². The van der Waals surface area contributed by atoms with Gasteiger partial charge in [0.15, 0.2) is 0 Å². The number of aliphatic hydroxyl groups is 3. The van der Waals surface area contributed by atoms with Crippen LogP contribution < -0.4 is 10.6 Å². The number of fused-ring (bicyclic) bond motifs is 1. The van der Waals surface area contributed by atoms with Crippen molar-refractivity contribution in [1.29, 1.82) is 0 Å². The molecule has 0 radical (unpaired) electrons. The fourth-order valence-electron chi connectivity index (χ4n) is 3.05. The normalized spacial score (nSPS) is 37.5. The molecule has 0 spiro atoms. The number of carbonyl (C=O) groups excluding carboxylic acids is 1. The number of unbranched alkanes of at least 4 members (excludes halogenated alkanes) is 1. The molecule has 2 heterocycles. The summed E-state index contributed by atoms with van der Waals surface area (Å²) in [5, 5.41) is 35.4. The Hall–Kier alpha value is -0.890. The van der Waals surface area contributed by atoms with Crippen molar-refractivity contribution in [3.8, 4) is 0 Å². The molecular formula is C13H25N3O4. The molecule has 5 N–H and O–H groups in total. The predicted octanol–water partition coefficient (Wildman–Crippen LogP) is -1.38. The molecular weight excluding hydrogens is 262 g/mol. The molecule has 5 atom stereocenters. The van der Waals surface area contributed by atoms with Crippen LogP contribution in [0.3, 0.4) is 0 Å². The van der Waals surface area contributed by atoms with Crippen molar-refractivity contribution in [2.24, 2.45) is 0 Å². The number of hydrogen-bond donors (Lipinski definition) is 5.